The first-order valence-corrected chi connectivity index (χ1v) is 22.5. The van der Waals surface area contributed by atoms with Crippen LogP contribution in [0.4, 0.5) is 0 Å². The van der Waals surface area contributed by atoms with Crippen LogP contribution in [0.2, 0.25) is 0 Å². The molecule has 0 radical (unpaired) electrons. The largest absolute Gasteiger partial charge is 0.345 e. The third kappa shape index (κ3) is 9.03. The van der Waals surface area contributed by atoms with Crippen LogP contribution in [0.1, 0.15) is 55.3 Å². The van der Waals surface area contributed by atoms with Gasteiger partial charge in [0.05, 0.1) is 16.8 Å². The third-order valence-electron chi connectivity index (χ3n) is 12.5. The highest BCUT2D eigenvalue weighted by Crippen LogP contribution is 2.31. The SMILES string of the molecule is C[C@@H]1CN(C(=O)c2ccccc2)CCN1C(=O)C(=O)c1c[nH]c2nc(-c3ccccc3)ccc12.C[C@@H]1CN(C(=O)c2ccccc2)CCN1C(=O)C(=O)c1c[nH]c2nccc(-c3ccccc3)c12. The van der Waals surface area contributed by atoms with Crippen molar-refractivity contribution in [3.63, 3.8) is 0 Å². The molecule has 14 heteroatoms. The second-order valence-corrected chi connectivity index (χ2v) is 16.9. The van der Waals surface area contributed by atoms with Crippen LogP contribution in [-0.2, 0) is 9.59 Å². The van der Waals surface area contributed by atoms with Crippen LogP contribution in [0.5, 0.6) is 0 Å². The lowest BCUT2D eigenvalue weighted by Gasteiger charge is -2.39. The Morgan fingerprint density at radius 2 is 0.985 bits per heavy atom. The monoisotopic (exact) mass is 904 g/mol. The fraction of sp³-hybridized carbons (Fsp3) is 0.185. The number of amides is 4. The molecule has 2 saturated heterocycles. The fourth-order valence-electron chi connectivity index (χ4n) is 8.96. The number of carbonyl (C=O) groups is 6. The quantitative estimate of drug-likeness (QED) is 0.116. The number of nitrogens with one attached hydrogen (secondary N) is 2. The first kappa shape index (κ1) is 44.7. The van der Waals surface area contributed by atoms with Crippen molar-refractivity contribution in [1.82, 2.24) is 39.5 Å². The van der Waals surface area contributed by atoms with Crippen LogP contribution in [0.15, 0.2) is 158 Å². The van der Waals surface area contributed by atoms with Crippen LogP contribution < -0.4 is 0 Å². The van der Waals surface area contributed by atoms with Crippen LogP contribution in [0.25, 0.3) is 44.5 Å². The smallest absolute Gasteiger partial charge is 0.295 e. The minimum absolute atomic E-state index is 0.0669. The van der Waals surface area contributed by atoms with Gasteiger partial charge in [-0.1, -0.05) is 97.1 Å². The van der Waals surface area contributed by atoms with Crippen molar-refractivity contribution in [2.24, 2.45) is 0 Å². The number of pyridine rings is 2. The molecule has 8 aromatic rings. The van der Waals surface area contributed by atoms with Gasteiger partial charge in [0, 0.05) is 97.4 Å². The molecule has 2 N–H and O–H groups in total. The topological polar surface area (TPSA) is 173 Å². The number of rotatable bonds is 8. The van der Waals surface area contributed by atoms with Crippen molar-refractivity contribution >= 4 is 57.3 Å². The third-order valence-corrected chi connectivity index (χ3v) is 12.5. The van der Waals surface area contributed by atoms with Gasteiger partial charge in [-0.3, -0.25) is 28.8 Å². The van der Waals surface area contributed by atoms with Crippen molar-refractivity contribution in [2.75, 3.05) is 39.3 Å². The summed E-state index contributed by atoms with van der Waals surface area (Å²) in [4.78, 5) is 100. The summed E-state index contributed by atoms with van der Waals surface area (Å²) < 4.78 is 0. The number of fused-ring (bicyclic) bond motifs is 2. The fourth-order valence-corrected chi connectivity index (χ4v) is 8.96. The van der Waals surface area contributed by atoms with E-state index in [0.29, 0.717) is 83.6 Å². The second kappa shape index (κ2) is 19.5. The van der Waals surface area contributed by atoms with E-state index in [1.807, 2.05) is 129 Å². The van der Waals surface area contributed by atoms with E-state index < -0.39 is 23.4 Å². The van der Waals surface area contributed by atoms with Gasteiger partial charge < -0.3 is 29.6 Å². The van der Waals surface area contributed by atoms with Crippen molar-refractivity contribution in [3.05, 3.63) is 180 Å². The van der Waals surface area contributed by atoms with E-state index in [1.165, 1.54) is 0 Å². The predicted molar refractivity (Wildman–Crippen MR) is 259 cm³/mol. The lowest BCUT2D eigenvalue weighted by atomic mass is 9.99. The Labute approximate surface area is 392 Å². The number of ketones is 2. The summed E-state index contributed by atoms with van der Waals surface area (Å²) in [6.45, 7) is 5.84. The molecule has 2 aliphatic rings. The van der Waals surface area contributed by atoms with Gasteiger partial charge in [0.15, 0.2) is 0 Å². The first-order valence-electron chi connectivity index (χ1n) is 22.5. The zero-order valence-corrected chi connectivity index (χ0v) is 37.5. The zero-order valence-electron chi connectivity index (χ0n) is 37.5. The Morgan fingerprint density at radius 3 is 1.51 bits per heavy atom. The van der Waals surface area contributed by atoms with Gasteiger partial charge in [0.2, 0.25) is 0 Å². The molecule has 2 fully saturated rings. The molecule has 4 aromatic heterocycles. The Morgan fingerprint density at radius 1 is 0.515 bits per heavy atom. The molecular formula is C54H48N8O6. The highest BCUT2D eigenvalue weighted by molar-refractivity contribution is 6.45. The Kier molecular flexibility index (Phi) is 12.8. The Bertz CT molecular complexity index is 3150. The van der Waals surface area contributed by atoms with Gasteiger partial charge in [-0.25, -0.2) is 9.97 Å². The molecule has 10 rings (SSSR count). The van der Waals surface area contributed by atoms with Gasteiger partial charge in [-0.05, 0) is 67.4 Å². The van der Waals surface area contributed by atoms with Gasteiger partial charge >= 0.3 is 0 Å². The van der Waals surface area contributed by atoms with Crippen molar-refractivity contribution in [2.45, 2.75) is 25.9 Å². The Balaban J connectivity index is 0.000000170. The van der Waals surface area contributed by atoms with Gasteiger partial charge in [-0.2, -0.15) is 0 Å². The van der Waals surface area contributed by atoms with Gasteiger partial charge in [0.1, 0.15) is 11.3 Å². The number of aromatic nitrogens is 4. The number of benzene rings is 4. The molecule has 0 aliphatic carbocycles. The summed E-state index contributed by atoms with van der Waals surface area (Å²) in [7, 11) is 0. The summed E-state index contributed by atoms with van der Waals surface area (Å²) >= 11 is 0. The van der Waals surface area contributed by atoms with Gasteiger partial charge in [-0.15, -0.1) is 0 Å². The maximum Gasteiger partial charge on any atom is 0.295 e. The Hall–Kier alpha value is -8.52. The molecule has 2 atom stereocenters. The maximum atomic E-state index is 13.4. The van der Waals surface area contributed by atoms with E-state index in [2.05, 4.69) is 19.9 Å². The van der Waals surface area contributed by atoms with Crippen LogP contribution in [0.3, 0.4) is 0 Å². The maximum absolute atomic E-state index is 13.4. The lowest BCUT2D eigenvalue weighted by Crippen LogP contribution is -2.56. The molecule has 0 saturated carbocycles. The molecular weight excluding hydrogens is 857 g/mol. The number of H-pyrrole nitrogens is 2. The summed E-state index contributed by atoms with van der Waals surface area (Å²) in [5, 5.41) is 1.25. The molecule has 0 unspecified atom stereocenters. The molecule has 14 nitrogen and oxygen atoms in total. The van der Waals surface area contributed by atoms with E-state index in [4.69, 9.17) is 0 Å². The minimum Gasteiger partial charge on any atom is -0.345 e. The molecule has 68 heavy (non-hydrogen) atoms. The van der Waals surface area contributed by atoms with E-state index >= 15 is 0 Å². The van der Waals surface area contributed by atoms with Crippen LogP contribution >= 0.6 is 0 Å². The summed E-state index contributed by atoms with van der Waals surface area (Å²) in [5.41, 5.74) is 6.51. The number of Topliss-reactive ketones (excluding diaryl/α,β-unsaturated/α-hetero) is 2. The van der Waals surface area contributed by atoms with Crippen molar-refractivity contribution in [3.8, 4) is 22.4 Å². The normalized spacial score (nSPS) is 16.0. The zero-order chi connectivity index (χ0) is 47.3. The number of piperazine rings is 2. The number of aromatic amines is 2. The van der Waals surface area contributed by atoms with E-state index in [9.17, 15) is 28.8 Å². The first-order chi connectivity index (χ1) is 33.1. The van der Waals surface area contributed by atoms with Crippen molar-refractivity contribution in [1.29, 1.82) is 0 Å². The summed E-state index contributed by atoms with van der Waals surface area (Å²) in [6, 6.07) is 42.6. The molecule has 340 valence electrons. The highest BCUT2D eigenvalue weighted by atomic mass is 16.2. The molecule has 0 spiro atoms. The second-order valence-electron chi connectivity index (χ2n) is 16.9. The molecule has 0 bridgehead atoms. The predicted octanol–water partition coefficient (Wildman–Crippen LogP) is 7.57. The average molecular weight is 905 g/mol. The van der Waals surface area contributed by atoms with Crippen LogP contribution in [-0.4, -0.2) is 126 Å². The van der Waals surface area contributed by atoms with Crippen molar-refractivity contribution < 1.29 is 28.8 Å². The van der Waals surface area contributed by atoms with E-state index in [0.717, 1.165) is 22.4 Å². The molecule has 2 aliphatic heterocycles. The van der Waals surface area contributed by atoms with Crippen LogP contribution in [0, 0.1) is 0 Å². The number of carbonyl (C=O) groups excluding carboxylic acids is 6. The summed E-state index contributed by atoms with van der Waals surface area (Å²) in [5.74, 6) is -2.42. The van der Waals surface area contributed by atoms with E-state index in [1.54, 1.807) is 62.5 Å². The lowest BCUT2D eigenvalue weighted by molar-refractivity contribution is -0.130. The number of hydrogen-bond donors (Lipinski definition) is 2. The number of hydrogen-bond acceptors (Lipinski definition) is 8. The highest BCUT2D eigenvalue weighted by Gasteiger charge is 2.36. The minimum atomic E-state index is -0.578. The summed E-state index contributed by atoms with van der Waals surface area (Å²) in [6.07, 6.45) is 4.79. The molecule has 6 heterocycles. The standard InChI is InChI=1S/2C27H24N4O3/c1-18-17-30(26(33)20-10-6-3-7-11-20)14-15-31(18)27(34)24(32)22-16-28-25-21(22)12-13-23(29-25)19-8-4-2-5-9-19;1-18-17-30(26(33)20-10-6-3-7-11-20)14-15-31(18)27(34)24(32)22-16-29-25-23(22)21(12-13-28-25)19-8-4-2-5-9-19/h2*2-13,16,18H,14-15,17H2,1H3,(H,28,29)/t2*18-/m11/s1. The molecule has 4 aromatic carbocycles. The average Bonchev–Trinajstić information content (AvgIpc) is 4.03. The van der Waals surface area contributed by atoms with Gasteiger partial charge in [0.25, 0.3) is 35.2 Å². The van der Waals surface area contributed by atoms with E-state index in [-0.39, 0.29) is 23.9 Å². The number of nitrogens with zero attached hydrogens (tertiary/aromatic N) is 6. The molecule has 4 amide bonds.